The number of hydrogen-bond acceptors (Lipinski definition) is 3. The van der Waals surface area contributed by atoms with Crippen LogP contribution in [0.3, 0.4) is 0 Å². The van der Waals surface area contributed by atoms with E-state index < -0.39 is 6.10 Å². The molecule has 1 aliphatic heterocycles. The molecule has 1 fully saturated rings. The highest BCUT2D eigenvalue weighted by Gasteiger charge is 2.18. The monoisotopic (exact) mass is 250 g/mol. The number of rotatable bonds is 5. The number of ether oxygens (including phenoxy) is 1. The molecule has 0 spiro atoms. The van der Waals surface area contributed by atoms with Gasteiger partial charge in [-0.15, -0.1) is 0 Å². The Labute approximate surface area is 106 Å². The van der Waals surface area contributed by atoms with Gasteiger partial charge in [-0.25, -0.2) is 4.79 Å². The minimum Gasteiger partial charge on any atom is -0.492 e. The van der Waals surface area contributed by atoms with E-state index in [0.717, 1.165) is 17.9 Å². The normalized spacial score (nSPS) is 16.6. The van der Waals surface area contributed by atoms with Gasteiger partial charge in [0, 0.05) is 13.1 Å². The van der Waals surface area contributed by atoms with Crippen molar-refractivity contribution >= 4 is 6.03 Å². The van der Waals surface area contributed by atoms with E-state index in [1.165, 1.54) is 0 Å². The fourth-order valence-corrected chi connectivity index (χ4v) is 1.84. The smallest absolute Gasteiger partial charge is 0.317 e. The van der Waals surface area contributed by atoms with Gasteiger partial charge < -0.3 is 20.1 Å². The van der Waals surface area contributed by atoms with Crippen molar-refractivity contribution in [2.75, 3.05) is 26.2 Å². The van der Waals surface area contributed by atoms with Crippen LogP contribution in [-0.4, -0.2) is 42.3 Å². The highest BCUT2D eigenvalue weighted by molar-refractivity contribution is 5.76. The van der Waals surface area contributed by atoms with Crippen molar-refractivity contribution in [1.29, 1.82) is 0 Å². The van der Waals surface area contributed by atoms with Crippen LogP contribution in [0.15, 0.2) is 24.3 Å². The van der Waals surface area contributed by atoms with Gasteiger partial charge in [-0.05, 0) is 24.6 Å². The first-order valence-electron chi connectivity index (χ1n) is 6.10. The standard InChI is InChI=1S/C13H18N2O3/c1-10(16)11-2-4-12(5-3-11)18-9-8-15-7-6-14-13(15)17/h2-5,10,16H,6-9H2,1H3,(H,14,17)/t10-/m1/s1. The summed E-state index contributed by atoms with van der Waals surface area (Å²) in [6.45, 7) is 4.23. The first kappa shape index (κ1) is 12.7. The Morgan fingerprint density at radius 1 is 1.44 bits per heavy atom. The van der Waals surface area contributed by atoms with E-state index in [0.29, 0.717) is 19.7 Å². The maximum absolute atomic E-state index is 11.3. The fourth-order valence-electron chi connectivity index (χ4n) is 1.84. The molecule has 1 aromatic rings. The Balaban J connectivity index is 1.78. The van der Waals surface area contributed by atoms with Crippen molar-refractivity contribution in [2.45, 2.75) is 13.0 Å². The minimum atomic E-state index is -0.465. The molecule has 0 saturated carbocycles. The summed E-state index contributed by atoms with van der Waals surface area (Å²) in [6.07, 6.45) is -0.465. The second kappa shape index (κ2) is 5.73. The average molecular weight is 250 g/mol. The van der Waals surface area contributed by atoms with E-state index in [4.69, 9.17) is 4.74 Å². The van der Waals surface area contributed by atoms with Crippen LogP contribution in [0.2, 0.25) is 0 Å². The first-order valence-corrected chi connectivity index (χ1v) is 6.10. The highest BCUT2D eigenvalue weighted by Crippen LogP contribution is 2.17. The van der Waals surface area contributed by atoms with Crippen molar-refractivity contribution in [1.82, 2.24) is 10.2 Å². The van der Waals surface area contributed by atoms with Gasteiger partial charge in [-0.3, -0.25) is 0 Å². The molecule has 5 heteroatoms. The predicted molar refractivity (Wildman–Crippen MR) is 67.5 cm³/mol. The molecular weight excluding hydrogens is 232 g/mol. The number of benzene rings is 1. The lowest BCUT2D eigenvalue weighted by molar-refractivity contribution is 0.198. The maximum Gasteiger partial charge on any atom is 0.317 e. The van der Waals surface area contributed by atoms with Crippen LogP contribution in [0.25, 0.3) is 0 Å². The van der Waals surface area contributed by atoms with Gasteiger partial charge >= 0.3 is 6.03 Å². The molecule has 1 atom stereocenters. The molecule has 2 amide bonds. The Morgan fingerprint density at radius 3 is 2.72 bits per heavy atom. The van der Waals surface area contributed by atoms with Crippen LogP contribution < -0.4 is 10.1 Å². The van der Waals surface area contributed by atoms with E-state index in [2.05, 4.69) is 5.32 Å². The van der Waals surface area contributed by atoms with Crippen LogP contribution >= 0.6 is 0 Å². The quantitative estimate of drug-likeness (QED) is 0.824. The molecule has 5 nitrogen and oxygen atoms in total. The topological polar surface area (TPSA) is 61.8 Å². The number of amides is 2. The molecule has 1 aliphatic rings. The molecule has 98 valence electrons. The van der Waals surface area contributed by atoms with Gasteiger partial charge in [0.25, 0.3) is 0 Å². The van der Waals surface area contributed by atoms with E-state index in [-0.39, 0.29) is 6.03 Å². The summed E-state index contributed by atoms with van der Waals surface area (Å²) >= 11 is 0. The number of nitrogens with zero attached hydrogens (tertiary/aromatic N) is 1. The van der Waals surface area contributed by atoms with Gasteiger partial charge in [-0.1, -0.05) is 12.1 Å². The zero-order valence-corrected chi connectivity index (χ0v) is 10.4. The molecule has 0 aromatic heterocycles. The number of carbonyl (C=O) groups excluding carboxylic acids is 1. The lowest BCUT2D eigenvalue weighted by Gasteiger charge is -2.14. The Hall–Kier alpha value is -1.75. The van der Waals surface area contributed by atoms with Crippen molar-refractivity contribution < 1.29 is 14.6 Å². The van der Waals surface area contributed by atoms with Crippen molar-refractivity contribution in [3.8, 4) is 5.75 Å². The maximum atomic E-state index is 11.3. The van der Waals surface area contributed by atoms with E-state index in [1.807, 2.05) is 24.3 Å². The molecule has 2 N–H and O–H groups in total. The molecule has 1 saturated heterocycles. The first-order chi connectivity index (χ1) is 8.66. The van der Waals surface area contributed by atoms with Crippen LogP contribution in [0.5, 0.6) is 5.75 Å². The highest BCUT2D eigenvalue weighted by atomic mass is 16.5. The Bertz CT molecular complexity index is 403. The predicted octanol–water partition coefficient (Wildman–Crippen LogP) is 1.14. The van der Waals surface area contributed by atoms with Crippen LogP contribution in [0.4, 0.5) is 4.79 Å². The number of aliphatic hydroxyl groups excluding tert-OH is 1. The van der Waals surface area contributed by atoms with Crippen molar-refractivity contribution in [3.63, 3.8) is 0 Å². The van der Waals surface area contributed by atoms with E-state index in [1.54, 1.807) is 11.8 Å². The van der Waals surface area contributed by atoms with Gasteiger partial charge in [-0.2, -0.15) is 0 Å². The lowest BCUT2D eigenvalue weighted by Crippen LogP contribution is -2.31. The third-order valence-electron chi connectivity index (χ3n) is 2.94. The number of nitrogens with one attached hydrogen (secondary N) is 1. The Morgan fingerprint density at radius 2 is 2.17 bits per heavy atom. The molecule has 18 heavy (non-hydrogen) atoms. The summed E-state index contributed by atoms with van der Waals surface area (Å²) in [5.41, 5.74) is 0.862. The number of urea groups is 1. The third kappa shape index (κ3) is 3.13. The largest absolute Gasteiger partial charge is 0.492 e. The van der Waals surface area contributed by atoms with Gasteiger partial charge in [0.1, 0.15) is 12.4 Å². The summed E-state index contributed by atoms with van der Waals surface area (Å²) in [4.78, 5) is 13.0. The van der Waals surface area contributed by atoms with Gasteiger partial charge in [0.15, 0.2) is 0 Å². The van der Waals surface area contributed by atoms with E-state index in [9.17, 15) is 9.90 Å². The summed E-state index contributed by atoms with van der Waals surface area (Å²) in [6, 6.07) is 7.30. The average Bonchev–Trinajstić information content (AvgIpc) is 2.76. The third-order valence-corrected chi connectivity index (χ3v) is 2.94. The fraction of sp³-hybridized carbons (Fsp3) is 0.462. The van der Waals surface area contributed by atoms with Crippen molar-refractivity contribution in [3.05, 3.63) is 29.8 Å². The SMILES string of the molecule is C[C@@H](O)c1ccc(OCCN2CCNC2=O)cc1. The van der Waals surface area contributed by atoms with Gasteiger partial charge in [0.05, 0.1) is 12.6 Å². The number of hydrogen-bond donors (Lipinski definition) is 2. The Kier molecular flexibility index (Phi) is 4.04. The molecule has 1 heterocycles. The zero-order valence-electron chi connectivity index (χ0n) is 10.4. The molecule has 2 rings (SSSR count). The lowest BCUT2D eigenvalue weighted by atomic mass is 10.1. The number of carbonyl (C=O) groups is 1. The molecule has 0 bridgehead atoms. The van der Waals surface area contributed by atoms with Crippen molar-refractivity contribution in [2.24, 2.45) is 0 Å². The van der Waals surface area contributed by atoms with Gasteiger partial charge in [0.2, 0.25) is 0 Å². The van der Waals surface area contributed by atoms with Crippen LogP contribution in [0.1, 0.15) is 18.6 Å². The number of aliphatic hydroxyl groups is 1. The summed E-state index contributed by atoms with van der Waals surface area (Å²) in [5, 5.41) is 12.1. The summed E-state index contributed by atoms with van der Waals surface area (Å²) < 4.78 is 5.55. The molecular formula is C13H18N2O3. The summed E-state index contributed by atoms with van der Waals surface area (Å²) in [7, 11) is 0. The van der Waals surface area contributed by atoms with Crippen LogP contribution in [0, 0.1) is 0 Å². The summed E-state index contributed by atoms with van der Waals surface area (Å²) in [5.74, 6) is 0.749. The van der Waals surface area contributed by atoms with Crippen LogP contribution in [-0.2, 0) is 0 Å². The van der Waals surface area contributed by atoms with E-state index >= 15 is 0 Å². The second-order valence-electron chi connectivity index (χ2n) is 4.31. The molecule has 0 unspecified atom stereocenters. The second-order valence-corrected chi connectivity index (χ2v) is 4.31. The molecule has 1 aromatic carbocycles. The molecule has 0 radical (unpaired) electrons. The zero-order chi connectivity index (χ0) is 13.0. The molecule has 0 aliphatic carbocycles. The minimum absolute atomic E-state index is 0.0250.